The van der Waals surface area contributed by atoms with E-state index >= 15 is 0 Å². The monoisotopic (exact) mass is 287 g/mol. The van der Waals surface area contributed by atoms with E-state index in [1.165, 1.54) is 19.3 Å². The maximum absolute atomic E-state index is 10.6. The Morgan fingerprint density at radius 1 is 1.29 bits per heavy atom. The lowest BCUT2D eigenvalue weighted by Crippen LogP contribution is -2.42. The summed E-state index contributed by atoms with van der Waals surface area (Å²) in [6, 6.07) is 10.0. The number of benzene rings is 1. The second-order valence-electron chi connectivity index (χ2n) is 5.90. The number of aliphatic hydroxyl groups excluding tert-OH is 1. The second-order valence-corrected chi connectivity index (χ2v) is 5.90. The fraction of sp³-hybridized carbons (Fsp3) is 0.611. The molecule has 21 heavy (non-hydrogen) atoms. The molecule has 114 valence electrons. The van der Waals surface area contributed by atoms with E-state index in [4.69, 9.17) is 4.74 Å². The van der Waals surface area contributed by atoms with Crippen LogP contribution in [-0.2, 0) is 5.41 Å². The molecule has 1 aliphatic heterocycles. The van der Waals surface area contributed by atoms with Crippen LogP contribution in [0.4, 0.5) is 0 Å². The topological polar surface area (TPSA) is 53.2 Å². The minimum absolute atomic E-state index is 0.497. The van der Waals surface area contributed by atoms with Gasteiger partial charge in [-0.3, -0.25) is 0 Å². The van der Waals surface area contributed by atoms with E-state index in [9.17, 15) is 10.4 Å². The molecule has 2 rings (SSSR count). The number of hydrogen-bond acceptors (Lipinski definition) is 3. The Kier molecular flexibility index (Phi) is 5.64. The normalized spacial score (nSPS) is 22.0. The summed E-state index contributed by atoms with van der Waals surface area (Å²) in [5, 5.41) is 20.4. The molecule has 3 nitrogen and oxygen atoms in total. The van der Waals surface area contributed by atoms with Crippen LogP contribution in [0.5, 0.6) is 5.75 Å². The van der Waals surface area contributed by atoms with Crippen LogP contribution in [0.25, 0.3) is 0 Å². The van der Waals surface area contributed by atoms with Gasteiger partial charge in [0.2, 0.25) is 0 Å². The van der Waals surface area contributed by atoms with Crippen molar-refractivity contribution in [1.29, 1.82) is 5.26 Å². The lowest BCUT2D eigenvalue weighted by molar-refractivity contribution is 0.0715. The summed E-state index contributed by atoms with van der Waals surface area (Å²) in [4.78, 5) is 0. The molecule has 2 atom stereocenters. The molecular weight excluding hydrogens is 262 g/mol. The minimum atomic E-state index is -0.806. The predicted octanol–water partition coefficient (Wildman–Crippen LogP) is 3.95. The molecule has 3 heteroatoms. The fourth-order valence-electron chi connectivity index (χ4n) is 3.14. The average Bonchev–Trinajstić information content (AvgIpc) is 2.53. The predicted molar refractivity (Wildman–Crippen MR) is 83.2 cm³/mol. The van der Waals surface area contributed by atoms with Gasteiger partial charge < -0.3 is 9.84 Å². The van der Waals surface area contributed by atoms with Crippen LogP contribution in [-0.4, -0.2) is 17.8 Å². The van der Waals surface area contributed by atoms with E-state index < -0.39 is 11.5 Å². The van der Waals surface area contributed by atoms with Crippen molar-refractivity contribution in [1.82, 2.24) is 0 Å². The molecule has 0 radical (unpaired) electrons. The first-order valence-electron chi connectivity index (χ1n) is 8.06. The van der Waals surface area contributed by atoms with E-state index in [0.29, 0.717) is 19.4 Å². The molecule has 1 heterocycles. The molecule has 0 amide bonds. The maximum atomic E-state index is 10.6. The zero-order valence-electron chi connectivity index (χ0n) is 12.8. The number of rotatable bonds is 7. The molecule has 1 N–H and O–H groups in total. The zero-order chi connectivity index (χ0) is 15.1. The summed E-state index contributed by atoms with van der Waals surface area (Å²) in [6.07, 6.45) is 6.42. The largest absolute Gasteiger partial charge is 0.493 e. The van der Waals surface area contributed by atoms with Gasteiger partial charge in [-0.2, -0.15) is 5.26 Å². The lowest BCUT2D eigenvalue weighted by atomic mass is 9.71. The number of ether oxygens (including phenoxy) is 1. The molecule has 0 aliphatic carbocycles. The van der Waals surface area contributed by atoms with Crippen LogP contribution in [0.3, 0.4) is 0 Å². The molecule has 0 bridgehead atoms. The highest BCUT2D eigenvalue weighted by Crippen LogP contribution is 2.42. The maximum Gasteiger partial charge on any atom is 0.124 e. The summed E-state index contributed by atoms with van der Waals surface area (Å²) in [5.74, 6) is 0.746. The number of aliphatic hydroxyl groups is 1. The highest BCUT2D eigenvalue weighted by atomic mass is 16.5. The van der Waals surface area contributed by atoms with E-state index in [0.717, 1.165) is 24.2 Å². The average molecular weight is 287 g/mol. The quantitative estimate of drug-likeness (QED) is 0.772. The molecule has 0 fully saturated rings. The fourth-order valence-corrected chi connectivity index (χ4v) is 3.14. The van der Waals surface area contributed by atoms with Crippen molar-refractivity contribution >= 4 is 0 Å². The third kappa shape index (κ3) is 3.39. The van der Waals surface area contributed by atoms with Gasteiger partial charge in [-0.15, -0.1) is 0 Å². The van der Waals surface area contributed by atoms with Crippen LogP contribution < -0.4 is 4.74 Å². The Labute approximate surface area is 127 Å². The van der Waals surface area contributed by atoms with Crippen LogP contribution in [0.2, 0.25) is 0 Å². The van der Waals surface area contributed by atoms with Crippen molar-refractivity contribution < 1.29 is 9.84 Å². The van der Waals surface area contributed by atoms with Crippen LogP contribution in [0.1, 0.15) is 57.4 Å². The van der Waals surface area contributed by atoms with E-state index in [1.807, 2.05) is 24.3 Å². The molecule has 2 unspecified atom stereocenters. The first-order chi connectivity index (χ1) is 10.2. The third-order valence-corrected chi connectivity index (χ3v) is 4.47. The van der Waals surface area contributed by atoms with Crippen molar-refractivity contribution in [2.75, 3.05) is 6.61 Å². The van der Waals surface area contributed by atoms with Gasteiger partial charge >= 0.3 is 0 Å². The summed E-state index contributed by atoms with van der Waals surface area (Å²) < 4.78 is 5.63. The summed E-state index contributed by atoms with van der Waals surface area (Å²) in [6.45, 7) is 2.69. The Morgan fingerprint density at radius 3 is 2.81 bits per heavy atom. The lowest BCUT2D eigenvalue weighted by Gasteiger charge is -2.36. The smallest absolute Gasteiger partial charge is 0.124 e. The van der Waals surface area contributed by atoms with Crippen molar-refractivity contribution in [3.63, 3.8) is 0 Å². The van der Waals surface area contributed by atoms with Gasteiger partial charge in [0.1, 0.15) is 11.2 Å². The number of para-hydroxylation sites is 1. The molecule has 0 aromatic heterocycles. The first kappa shape index (κ1) is 15.9. The molecule has 1 aromatic carbocycles. The minimum Gasteiger partial charge on any atom is -0.493 e. The molecular formula is C18H25NO2. The first-order valence-corrected chi connectivity index (χ1v) is 8.06. The van der Waals surface area contributed by atoms with Crippen LogP contribution in [0.15, 0.2) is 24.3 Å². The molecule has 1 aromatic rings. The van der Waals surface area contributed by atoms with Gasteiger partial charge in [-0.1, -0.05) is 57.2 Å². The Balaban J connectivity index is 2.07. The molecule has 0 spiro atoms. The highest BCUT2D eigenvalue weighted by Gasteiger charge is 2.43. The Morgan fingerprint density at radius 2 is 2.05 bits per heavy atom. The van der Waals surface area contributed by atoms with Crippen molar-refractivity contribution in [3.8, 4) is 11.8 Å². The highest BCUT2D eigenvalue weighted by molar-refractivity contribution is 5.46. The molecule has 1 aliphatic rings. The standard InChI is InChI=1S/C18H25NO2/c1-2-3-4-5-6-11-17(20)18(14-19)12-13-21-16-10-8-7-9-15(16)18/h7-10,17,20H,2-6,11-13H2,1H3. The van der Waals surface area contributed by atoms with Gasteiger partial charge in [0.25, 0.3) is 0 Å². The van der Waals surface area contributed by atoms with Gasteiger partial charge in [0, 0.05) is 12.0 Å². The summed E-state index contributed by atoms with van der Waals surface area (Å²) in [5.41, 5.74) is 0.0411. The van der Waals surface area contributed by atoms with E-state index in [2.05, 4.69) is 13.0 Å². The van der Waals surface area contributed by atoms with Crippen molar-refractivity contribution in [3.05, 3.63) is 29.8 Å². The van der Waals surface area contributed by atoms with E-state index in [-0.39, 0.29) is 0 Å². The number of nitrogens with zero attached hydrogens (tertiary/aromatic N) is 1. The van der Waals surface area contributed by atoms with Crippen LogP contribution in [0, 0.1) is 11.3 Å². The number of fused-ring (bicyclic) bond motifs is 1. The SMILES string of the molecule is CCCCCCCC(O)C1(C#N)CCOc2ccccc21. The number of nitriles is 1. The van der Waals surface area contributed by atoms with Gasteiger partial charge in [-0.25, -0.2) is 0 Å². The third-order valence-electron chi connectivity index (χ3n) is 4.47. The number of hydrogen-bond donors (Lipinski definition) is 1. The number of unbranched alkanes of at least 4 members (excludes halogenated alkanes) is 4. The Bertz CT molecular complexity index is 494. The van der Waals surface area contributed by atoms with Crippen molar-refractivity contribution in [2.24, 2.45) is 0 Å². The molecule has 0 saturated heterocycles. The Hall–Kier alpha value is -1.53. The summed E-state index contributed by atoms with van der Waals surface area (Å²) >= 11 is 0. The van der Waals surface area contributed by atoms with Gasteiger partial charge in [0.05, 0.1) is 18.8 Å². The zero-order valence-corrected chi connectivity index (χ0v) is 12.8. The van der Waals surface area contributed by atoms with Crippen LogP contribution >= 0.6 is 0 Å². The molecule has 0 saturated carbocycles. The van der Waals surface area contributed by atoms with E-state index in [1.54, 1.807) is 0 Å². The summed E-state index contributed by atoms with van der Waals surface area (Å²) in [7, 11) is 0. The van der Waals surface area contributed by atoms with Gasteiger partial charge in [-0.05, 0) is 12.5 Å². The van der Waals surface area contributed by atoms with Gasteiger partial charge in [0.15, 0.2) is 0 Å². The second kappa shape index (κ2) is 7.47. The van der Waals surface area contributed by atoms with Crippen molar-refractivity contribution in [2.45, 2.75) is 63.4 Å².